The van der Waals surface area contributed by atoms with Gasteiger partial charge in [0.15, 0.2) is 0 Å². The van der Waals surface area contributed by atoms with Crippen LogP contribution in [0, 0.1) is 0 Å². The van der Waals surface area contributed by atoms with Crippen molar-refractivity contribution in [1.29, 1.82) is 0 Å². The van der Waals surface area contributed by atoms with Crippen molar-refractivity contribution in [2.24, 2.45) is 0 Å². The fraction of sp³-hybridized carbons (Fsp3) is 0. The van der Waals surface area contributed by atoms with Gasteiger partial charge in [0.05, 0.1) is 0 Å². The van der Waals surface area contributed by atoms with E-state index in [1.54, 1.807) is 0 Å². The van der Waals surface area contributed by atoms with Crippen molar-refractivity contribution >= 4 is 119 Å². The smallest absolute Gasteiger partial charge is 0 e. The molecule has 46 valence electrons. The summed E-state index contributed by atoms with van der Waals surface area (Å²) < 4.78 is 8.33. The third-order valence-corrected chi connectivity index (χ3v) is 0. The summed E-state index contributed by atoms with van der Waals surface area (Å²) >= 11 is 0.333. The second-order valence-corrected chi connectivity index (χ2v) is 0. The maximum Gasteiger partial charge on any atom is 0 e. The Balaban J connectivity index is -0.000000000238. The molecule has 0 saturated carbocycles. The van der Waals surface area contributed by atoms with Crippen LogP contribution in [0.3, 0.4) is 0 Å². The number of hydrogen-bond donors (Lipinski definition) is 0. The van der Waals surface area contributed by atoms with Crippen LogP contribution in [-0.2, 0) is 74.1 Å². The predicted octanol–water partition coefficient (Wildman–Crippen LogP) is -1.65. The van der Waals surface area contributed by atoms with Gasteiger partial charge in [-0.05, 0) is 0 Å². The standard InChI is InChI=1S/Cr.K.Li.Mn.Ni.O.Sb.Sn.W. The van der Waals surface area contributed by atoms with Gasteiger partial charge in [0.1, 0.15) is 0 Å². The summed E-state index contributed by atoms with van der Waals surface area (Å²) in [6.07, 6.45) is 0. The van der Waals surface area contributed by atoms with E-state index < -0.39 is 0 Å². The van der Waals surface area contributed by atoms with Gasteiger partial charge in [-0.3, -0.25) is 0 Å². The molecule has 0 aliphatic carbocycles. The molecule has 0 aromatic carbocycles. The Morgan fingerprint density at radius 2 is 1.11 bits per heavy atom. The summed E-state index contributed by atoms with van der Waals surface area (Å²) in [5.74, 6) is 0. The first-order valence-corrected chi connectivity index (χ1v) is 1.36. The van der Waals surface area contributed by atoms with Crippen LogP contribution in [0.4, 0.5) is 0 Å². The summed E-state index contributed by atoms with van der Waals surface area (Å²) in [5, 5.41) is 0. The summed E-state index contributed by atoms with van der Waals surface area (Å²) in [6.45, 7) is 0. The molecule has 0 saturated heterocycles. The van der Waals surface area contributed by atoms with Gasteiger partial charge in [-0.15, -0.1) is 0 Å². The van der Waals surface area contributed by atoms with Crippen molar-refractivity contribution in [3.8, 4) is 0 Å². The SMILES string of the molecule is [Cr].[K].[Li].[Mn].[Ni].[O]=[W].[Sb].[Sn]. The van der Waals surface area contributed by atoms with E-state index in [2.05, 4.69) is 0 Å². The first kappa shape index (κ1) is 60.5. The molecule has 0 aromatic rings. The first-order chi connectivity index (χ1) is 1.00. The molecule has 0 spiro atoms. The Labute approximate surface area is 187 Å². The van der Waals surface area contributed by atoms with Gasteiger partial charge >= 0.3 is 23.2 Å². The Hall–Kier alpha value is 5.88. The fourth-order valence-corrected chi connectivity index (χ4v) is 0. The largest absolute Gasteiger partial charge is 0 e. The topological polar surface area (TPSA) is 17.1 Å². The molecule has 0 bridgehead atoms. The van der Waals surface area contributed by atoms with Gasteiger partial charge in [-0.25, -0.2) is 0 Å². The zero-order chi connectivity index (χ0) is 2.00. The van der Waals surface area contributed by atoms with E-state index in [-0.39, 0.29) is 170 Å². The van der Waals surface area contributed by atoms with Gasteiger partial charge in [-0.1, -0.05) is 0 Å². The van der Waals surface area contributed by atoms with E-state index >= 15 is 0 Å². The van der Waals surface area contributed by atoms with Gasteiger partial charge in [0, 0.05) is 170 Å². The second-order valence-electron chi connectivity index (χ2n) is 0. The van der Waals surface area contributed by atoms with Crippen LogP contribution in [0.1, 0.15) is 0 Å². The molecule has 0 rings (SSSR count). The van der Waals surface area contributed by atoms with Crippen LogP contribution in [-0.4, -0.2) is 119 Å². The van der Waals surface area contributed by atoms with Crippen LogP contribution in [0.15, 0.2) is 0 Å². The van der Waals surface area contributed by atoms with Crippen LogP contribution >= 0.6 is 0 Å². The summed E-state index contributed by atoms with van der Waals surface area (Å²) in [7, 11) is 0. The predicted molar refractivity (Wildman–Crippen MR) is 23.7 cm³/mol. The molecular formula is CrKLiMnNiOSbSnW. The van der Waals surface area contributed by atoms with E-state index in [0.717, 1.165) is 0 Å². The normalized spacial score (nSPS) is 0.444. The molecule has 0 N–H and O–H groups in total. The van der Waals surface area contributed by atoms with E-state index in [4.69, 9.17) is 3.40 Å². The molecule has 0 aliphatic heterocycles. The minimum absolute atomic E-state index is 0. The molecule has 0 fully saturated rings. The Bertz CT molecular complexity index is 28.5. The molecule has 1 nitrogen and oxygen atoms in total. The van der Waals surface area contributed by atoms with E-state index in [9.17, 15) is 0 Å². The van der Waals surface area contributed by atoms with Crippen LogP contribution in [0.5, 0.6) is 0 Å². The molecule has 0 aromatic heterocycles. The molecule has 0 aliphatic rings. The van der Waals surface area contributed by atoms with Crippen molar-refractivity contribution in [3.63, 3.8) is 0 Å². The molecule has 9 heavy (non-hydrogen) atoms. The Kier molecular flexibility index (Phi) is 448. The maximum absolute atomic E-state index is 8.33. The minimum atomic E-state index is 0. The summed E-state index contributed by atoms with van der Waals surface area (Å²) in [5.41, 5.74) is 0. The van der Waals surface area contributed by atoms with Crippen LogP contribution in [0.25, 0.3) is 0 Å². The minimum Gasteiger partial charge on any atom is 0 e. The summed E-state index contributed by atoms with van der Waals surface area (Å²) in [4.78, 5) is 0. The average molecular weight is 652 g/mol. The van der Waals surface area contributed by atoms with E-state index in [1.807, 2.05) is 0 Å². The van der Waals surface area contributed by atoms with Gasteiger partial charge in [0.25, 0.3) is 0 Å². The van der Waals surface area contributed by atoms with Crippen LogP contribution < -0.4 is 0 Å². The van der Waals surface area contributed by atoms with Gasteiger partial charge < -0.3 is 0 Å². The molecule has 0 atom stereocenters. The van der Waals surface area contributed by atoms with Crippen molar-refractivity contribution in [1.82, 2.24) is 0 Å². The Morgan fingerprint density at radius 3 is 1.11 bits per heavy atom. The van der Waals surface area contributed by atoms with Crippen molar-refractivity contribution in [2.45, 2.75) is 0 Å². The first-order valence-electron chi connectivity index (χ1n) is 0.167. The van der Waals surface area contributed by atoms with Crippen LogP contribution in [0.2, 0.25) is 0 Å². The second kappa shape index (κ2) is 66.6. The number of hydrogen-bond acceptors (Lipinski definition) is 1. The average Bonchev–Trinajstić information content (AvgIpc) is 1.00. The van der Waals surface area contributed by atoms with Crippen molar-refractivity contribution in [2.75, 3.05) is 0 Å². The van der Waals surface area contributed by atoms with E-state index in [1.165, 1.54) is 0 Å². The van der Waals surface area contributed by atoms with Gasteiger partial charge in [-0.2, -0.15) is 0 Å². The zero-order valence-corrected chi connectivity index (χ0v) is 19.8. The van der Waals surface area contributed by atoms with Crippen molar-refractivity contribution < 1.29 is 74.1 Å². The summed E-state index contributed by atoms with van der Waals surface area (Å²) in [6, 6.07) is 0. The fourth-order valence-electron chi connectivity index (χ4n) is 0. The monoisotopic (exact) mass is 652 g/mol. The molecule has 0 unspecified atom stereocenters. The zero-order valence-electron chi connectivity index (χ0n) is 4.87. The quantitative estimate of drug-likeness (QED) is 0.287. The Morgan fingerprint density at radius 1 is 1.11 bits per heavy atom. The van der Waals surface area contributed by atoms with Crippen molar-refractivity contribution in [3.05, 3.63) is 0 Å². The molecular weight excluding hydrogens is 652 g/mol. The third kappa shape index (κ3) is 56.6. The number of rotatable bonds is 0. The maximum atomic E-state index is 8.33. The molecule has 9 heteroatoms. The molecule has 0 heterocycles. The van der Waals surface area contributed by atoms with E-state index in [0.29, 0.717) is 19.8 Å². The molecule has 10 radical (unpaired) electrons. The van der Waals surface area contributed by atoms with Gasteiger partial charge in [0.2, 0.25) is 0 Å². The molecule has 0 amide bonds. The third-order valence-electron chi connectivity index (χ3n) is 0.